The fourth-order valence-electron chi connectivity index (χ4n) is 3.28. The number of allylic oxidation sites excluding steroid dienone is 1. The lowest BCUT2D eigenvalue weighted by Crippen LogP contribution is -2.43. The van der Waals surface area contributed by atoms with Crippen molar-refractivity contribution in [1.29, 1.82) is 0 Å². The summed E-state index contributed by atoms with van der Waals surface area (Å²) in [4.78, 5) is 2.14. The van der Waals surface area contributed by atoms with E-state index in [1.165, 1.54) is 83.5 Å². The molecule has 2 atom stereocenters. The standard InChI is InChI=1S/C21H41N3/c1-3-4-5-6-7-8-9-10-11-12-13-14-15-16-17-21-23-18-19-24(21)20(2)22/h16-21,23H,3-15,22H2,1-2H3/b17-16+. The molecular formula is C21H41N3. The number of hydrogen-bond acceptors (Lipinski definition) is 3. The van der Waals surface area contributed by atoms with Gasteiger partial charge in [0, 0.05) is 12.4 Å². The van der Waals surface area contributed by atoms with Crippen LogP contribution in [0.2, 0.25) is 0 Å². The van der Waals surface area contributed by atoms with Gasteiger partial charge >= 0.3 is 0 Å². The molecule has 0 aromatic heterocycles. The van der Waals surface area contributed by atoms with Gasteiger partial charge in [-0.05, 0) is 25.8 Å². The molecule has 0 bridgehead atoms. The highest BCUT2D eigenvalue weighted by molar-refractivity contribution is 5.05. The quantitative estimate of drug-likeness (QED) is 0.300. The van der Waals surface area contributed by atoms with Crippen molar-refractivity contribution in [2.75, 3.05) is 0 Å². The van der Waals surface area contributed by atoms with E-state index in [2.05, 4.69) is 29.3 Å². The zero-order valence-corrected chi connectivity index (χ0v) is 16.2. The van der Waals surface area contributed by atoms with Gasteiger partial charge in [0.05, 0.1) is 6.17 Å². The lowest BCUT2D eigenvalue weighted by molar-refractivity contribution is 0.259. The first kappa shape index (κ1) is 21.1. The Morgan fingerprint density at radius 2 is 1.50 bits per heavy atom. The minimum Gasteiger partial charge on any atom is -0.367 e. The van der Waals surface area contributed by atoms with Gasteiger partial charge in [-0.3, -0.25) is 0 Å². The molecule has 24 heavy (non-hydrogen) atoms. The molecular weight excluding hydrogens is 294 g/mol. The zero-order chi connectivity index (χ0) is 17.5. The van der Waals surface area contributed by atoms with E-state index < -0.39 is 0 Å². The van der Waals surface area contributed by atoms with E-state index in [0.29, 0.717) is 0 Å². The summed E-state index contributed by atoms with van der Waals surface area (Å²) in [5.41, 5.74) is 5.94. The van der Waals surface area contributed by atoms with Crippen LogP contribution in [0.15, 0.2) is 24.6 Å². The first-order valence-electron chi connectivity index (χ1n) is 10.4. The van der Waals surface area contributed by atoms with Crippen LogP contribution in [0.3, 0.4) is 0 Å². The Hall–Kier alpha value is -0.960. The number of nitrogens with one attached hydrogen (secondary N) is 1. The van der Waals surface area contributed by atoms with E-state index in [1.54, 1.807) is 0 Å². The third kappa shape index (κ3) is 10.0. The van der Waals surface area contributed by atoms with E-state index in [-0.39, 0.29) is 12.3 Å². The van der Waals surface area contributed by atoms with Crippen LogP contribution in [0.4, 0.5) is 0 Å². The molecule has 0 aromatic carbocycles. The molecule has 1 aliphatic heterocycles. The number of hydrogen-bond donors (Lipinski definition) is 2. The summed E-state index contributed by atoms with van der Waals surface area (Å²) in [6.45, 7) is 4.30. The number of rotatable bonds is 15. The Balaban J connectivity index is 1.85. The van der Waals surface area contributed by atoms with Gasteiger partial charge < -0.3 is 16.0 Å². The molecule has 0 radical (unpaired) electrons. The summed E-state index contributed by atoms with van der Waals surface area (Å²) in [6, 6.07) is 0. The van der Waals surface area contributed by atoms with Gasteiger partial charge in [-0.2, -0.15) is 0 Å². The molecule has 1 heterocycles. The van der Waals surface area contributed by atoms with Crippen LogP contribution in [0.1, 0.15) is 97.3 Å². The molecule has 0 fully saturated rings. The molecule has 2 unspecified atom stereocenters. The van der Waals surface area contributed by atoms with Gasteiger partial charge in [0.25, 0.3) is 0 Å². The number of unbranched alkanes of at least 4 members (excludes halogenated alkanes) is 12. The topological polar surface area (TPSA) is 41.3 Å². The smallest absolute Gasteiger partial charge is 0.119 e. The number of nitrogens with zero attached hydrogens (tertiary/aromatic N) is 1. The molecule has 1 rings (SSSR count). The largest absolute Gasteiger partial charge is 0.367 e. The van der Waals surface area contributed by atoms with Crippen molar-refractivity contribution in [3.8, 4) is 0 Å². The molecule has 0 spiro atoms. The first-order chi connectivity index (χ1) is 11.8. The summed E-state index contributed by atoms with van der Waals surface area (Å²) < 4.78 is 0. The molecule has 0 amide bonds. The molecule has 0 aliphatic carbocycles. The zero-order valence-electron chi connectivity index (χ0n) is 16.2. The summed E-state index contributed by atoms with van der Waals surface area (Å²) in [6.07, 6.45) is 27.0. The molecule has 3 nitrogen and oxygen atoms in total. The van der Waals surface area contributed by atoms with Gasteiger partial charge in [-0.25, -0.2) is 0 Å². The highest BCUT2D eigenvalue weighted by Crippen LogP contribution is 2.13. The van der Waals surface area contributed by atoms with Gasteiger partial charge in [0.2, 0.25) is 0 Å². The maximum atomic E-state index is 5.94. The van der Waals surface area contributed by atoms with Crippen LogP contribution in [-0.2, 0) is 0 Å². The van der Waals surface area contributed by atoms with Crippen LogP contribution in [-0.4, -0.2) is 17.2 Å². The molecule has 0 saturated carbocycles. The number of nitrogens with two attached hydrogens (primary N) is 1. The van der Waals surface area contributed by atoms with Crippen LogP contribution in [0, 0.1) is 0 Å². The Kier molecular flexibility index (Phi) is 12.6. The van der Waals surface area contributed by atoms with Gasteiger partial charge in [-0.1, -0.05) is 83.6 Å². The average molecular weight is 336 g/mol. The van der Waals surface area contributed by atoms with Crippen molar-refractivity contribution < 1.29 is 0 Å². The fraction of sp³-hybridized carbons (Fsp3) is 0.810. The normalized spacial score (nSPS) is 18.5. The molecule has 3 N–H and O–H groups in total. The Bertz CT molecular complexity index is 336. The summed E-state index contributed by atoms with van der Waals surface area (Å²) in [7, 11) is 0. The highest BCUT2D eigenvalue weighted by Gasteiger charge is 2.17. The third-order valence-corrected chi connectivity index (χ3v) is 4.85. The second kappa shape index (κ2) is 14.4. The predicted octanol–water partition coefficient (Wildman–Crippen LogP) is 5.64. The van der Waals surface area contributed by atoms with Gasteiger partial charge in [-0.15, -0.1) is 0 Å². The second-order valence-corrected chi connectivity index (χ2v) is 7.22. The SMILES string of the molecule is CCCCCCCCCCCCCC/C=C/C1NC=CN1C(C)N. The molecule has 3 heteroatoms. The van der Waals surface area contributed by atoms with Crippen molar-refractivity contribution in [2.24, 2.45) is 5.73 Å². The minimum absolute atomic E-state index is 0.0533. The lowest BCUT2D eigenvalue weighted by atomic mass is 10.0. The minimum atomic E-state index is 0.0533. The van der Waals surface area contributed by atoms with Gasteiger partial charge in [0.15, 0.2) is 0 Å². The Labute approximate surface area is 150 Å². The maximum Gasteiger partial charge on any atom is 0.119 e. The summed E-state index contributed by atoms with van der Waals surface area (Å²) in [5, 5.41) is 3.31. The Morgan fingerprint density at radius 3 is 2.04 bits per heavy atom. The Morgan fingerprint density at radius 1 is 0.958 bits per heavy atom. The molecule has 0 aromatic rings. The van der Waals surface area contributed by atoms with E-state index >= 15 is 0 Å². The highest BCUT2D eigenvalue weighted by atomic mass is 15.3. The van der Waals surface area contributed by atoms with E-state index in [9.17, 15) is 0 Å². The van der Waals surface area contributed by atoms with Crippen molar-refractivity contribution in [3.05, 3.63) is 24.6 Å². The van der Waals surface area contributed by atoms with Gasteiger partial charge in [0.1, 0.15) is 6.17 Å². The first-order valence-corrected chi connectivity index (χ1v) is 10.4. The molecule has 1 aliphatic rings. The lowest BCUT2D eigenvalue weighted by Gasteiger charge is -2.26. The van der Waals surface area contributed by atoms with Crippen molar-refractivity contribution in [2.45, 2.75) is 110 Å². The summed E-state index contributed by atoms with van der Waals surface area (Å²) in [5.74, 6) is 0. The monoisotopic (exact) mass is 335 g/mol. The maximum absolute atomic E-state index is 5.94. The van der Waals surface area contributed by atoms with Crippen LogP contribution >= 0.6 is 0 Å². The summed E-state index contributed by atoms with van der Waals surface area (Å²) >= 11 is 0. The van der Waals surface area contributed by atoms with E-state index in [0.717, 1.165) is 0 Å². The fourth-order valence-corrected chi connectivity index (χ4v) is 3.28. The third-order valence-electron chi connectivity index (χ3n) is 4.85. The molecule has 140 valence electrons. The van der Waals surface area contributed by atoms with Crippen LogP contribution < -0.4 is 11.1 Å². The van der Waals surface area contributed by atoms with Crippen LogP contribution in [0.25, 0.3) is 0 Å². The van der Waals surface area contributed by atoms with Crippen molar-refractivity contribution >= 4 is 0 Å². The van der Waals surface area contributed by atoms with E-state index in [4.69, 9.17) is 5.73 Å². The van der Waals surface area contributed by atoms with Crippen molar-refractivity contribution in [3.63, 3.8) is 0 Å². The second-order valence-electron chi connectivity index (χ2n) is 7.22. The molecule has 0 saturated heterocycles. The van der Waals surface area contributed by atoms with Crippen molar-refractivity contribution in [1.82, 2.24) is 10.2 Å². The van der Waals surface area contributed by atoms with E-state index in [1.807, 2.05) is 19.3 Å². The predicted molar refractivity (Wildman–Crippen MR) is 106 cm³/mol. The van der Waals surface area contributed by atoms with Crippen LogP contribution in [0.5, 0.6) is 0 Å². The average Bonchev–Trinajstić information content (AvgIpc) is 3.04.